The van der Waals surface area contributed by atoms with Gasteiger partial charge in [0.2, 0.25) is 5.91 Å². The van der Waals surface area contributed by atoms with Gasteiger partial charge in [0.25, 0.3) is 0 Å². The second-order valence-electron chi connectivity index (χ2n) is 5.05. The van der Waals surface area contributed by atoms with Crippen molar-refractivity contribution in [3.05, 3.63) is 70.8 Å². The van der Waals surface area contributed by atoms with Crippen molar-refractivity contribution in [1.29, 1.82) is 0 Å². The van der Waals surface area contributed by atoms with E-state index in [0.717, 1.165) is 5.56 Å². The zero-order valence-corrected chi connectivity index (χ0v) is 11.9. The van der Waals surface area contributed by atoms with E-state index in [1.54, 1.807) is 0 Å². The van der Waals surface area contributed by atoms with Crippen molar-refractivity contribution in [1.82, 2.24) is 5.32 Å². The Hall–Kier alpha value is -2.13. The minimum Gasteiger partial charge on any atom is -0.369 e. The highest BCUT2D eigenvalue weighted by Gasteiger charge is 2.16. The standard InChI is InChI=1S/C17H20N2O/c1-12-8-9-15(13(2)10-12)17(19-11-16(18)20)14-6-4-3-5-7-14/h3-10,17,19H,11H2,1-2H3,(H2,18,20). The van der Waals surface area contributed by atoms with Gasteiger partial charge in [0.1, 0.15) is 0 Å². The molecule has 2 aromatic rings. The average Bonchev–Trinajstić information content (AvgIpc) is 2.42. The Kier molecular flexibility index (Phi) is 4.53. The third kappa shape index (κ3) is 3.45. The van der Waals surface area contributed by atoms with Crippen molar-refractivity contribution in [3.8, 4) is 0 Å². The van der Waals surface area contributed by atoms with E-state index in [9.17, 15) is 4.79 Å². The summed E-state index contributed by atoms with van der Waals surface area (Å²) in [6.07, 6.45) is 0. The normalized spacial score (nSPS) is 12.1. The van der Waals surface area contributed by atoms with Gasteiger partial charge in [0.05, 0.1) is 12.6 Å². The molecule has 0 fully saturated rings. The topological polar surface area (TPSA) is 55.1 Å². The van der Waals surface area contributed by atoms with Gasteiger partial charge in [0, 0.05) is 0 Å². The number of nitrogens with two attached hydrogens (primary N) is 1. The van der Waals surface area contributed by atoms with Crippen LogP contribution in [0.4, 0.5) is 0 Å². The molecule has 0 aliphatic rings. The van der Waals surface area contributed by atoms with E-state index in [4.69, 9.17) is 5.73 Å². The summed E-state index contributed by atoms with van der Waals surface area (Å²) in [6, 6.07) is 16.4. The lowest BCUT2D eigenvalue weighted by Crippen LogP contribution is -2.32. The Morgan fingerprint density at radius 2 is 1.85 bits per heavy atom. The molecule has 20 heavy (non-hydrogen) atoms. The number of rotatable bonds is 5. The van der Waals surface area contributed by atoms with Crippen LogP contribution in [0, 0.1) is 13.8 Å². The van der Waals surface area contributed by atoms with E-state index < -0.39 is 0 Å². The molecule has 104 valence electrons. The quantitative estimate of drug-likeness (QED) is 0.875. The highest BCUT2D eigenvalue weighted by atomic mass is 16.1. The van der Waals surface area contributed by atoms with Gasteiger partial charge >= 0.3 is 0 Å². The molecule has 0 bridgehead atoms. The van der Waals surface area contributed by atoms with Crippen LogP contribution in [-0.2, 0) is 4.79 Å². The SMILES string of the molecule is Cc1ccc(C(NCC(N)=O)c2ccccc2)c(C)c1. The summed E-state index contributed by atoms with van der Waals surface area (Å²) in [5, 5.41) is 3.24. The molecule has 0 saturated carbocycles. The van der Waals surface area contributed by atoms with Gasteiger partial charge in [-0.05, 0) is 30.5 Å². The molecule has 0 aliphatic carbocycles. The lowest BCUT2D eigenvalue weighted by Gasteiger charge is -2.21. The Balaban J connectivity index is 2.37. The first-order valence-corrected chi connectivity index (χ1v) is 6.71. The van der Waals surface area contributed by atoms with Gasteiger partial charge in [-0.1, -0.05) is 54.1 Å². The van der Waals surface area contributed by atoms with Gasteiger partial charge in [-0.15, -0.1) is 0 Å². The van der Waals surface area contributed by atoms with E-state index in [0.29, 0.717) is 0 Å². The first-order valence-electron chi connectivity index (χ1n) is 6.71. The van der Waals surface area contributed by atoms with Crippen LogP contribution < -0.4 is 11.1 Å². The lowest BCUT2D eigenvalue weighted by atomic mass is 9.94. The maximum Gasteiger partial charge on any atom is 0.231 e. The molecular weight excluding hydrogens is 248 g/mol. The predicted octanol–water partition coefficient (Wildman–Crippen LogP) is 2.47. The number of nitrogens with one attached hydrogen (secondary N) is 1. The van der Waals surface area contributed by atoms with Crippen LogP contribution in [0.3, 0.4) is 0 Å². The number of carbonyl (C=O) groups is 1. The number of benzene rings is 2. The summed E-state index contributed by atoms with van der Waals surface area (Å²) < 4.78 is 0. The van der Waals surface area contributed by atoms with Gasteiger partial charge < -0.3 is 5.73 Å². The van der Waals surface area contributed by atoms with Crippen molar-refractivity contribution < 1.29 is 4.79 Å². The third-order valence-corrected chi connectivity index (χ3v) is 3.35. The minimum absolute atomic E-state index is 0.0238. The zero-order chi connectivity index (χ0) is 14.5. The number of hydrogen-bond donors (Lipinski definition) is 2. The van der Waals surface area contributed by atoms with E-state index in [-0.39, 0.29) is 18.5 Å². The largest absolute Gasteiger partial charge is 0.369 e. The molecular formula is C17H20N2O. The zero-order valence-electron chi connectivity index (χ0n) is 11.9. The molecule has 2 rings (SSSR count). The second kappa shape index (κ2) is 6.35. The van der Waals surface area contributed by atoms with Crippen molar-refractivity contribution in [3.63, 3.8) is 0 Å². The molecule has 0 radical (unpaired) electrons. The predicted molar refractivity (Wildman–Crippen MR) is 81.4 cm³/mol. The summed E-state index contributed by atoms with van der Waals surface area (Å²) in [6.45, 7) is 4.32. The Morgan fingerprint density at radius 3 is 2.45 bits per heavy atom. The Morgan fingerprint density at radius 1 is 1.15 bits per heavy atom. The van der Waals surface area contributed by atoms with E-state index in [2.05, 4.69) is 49.5 Å². The van der Waals surface area contributed by atoms with Crippen LogP contribution in [0.1, 0.15) is 28.3 Å². The van der Waals surface area contributed by atoms with Crippen molar-refractivity contribution in [2.24, 2.45) is 5.73 Å². The monoisotopic (exact) mass is 268 g/mol. The molecule has 0 heterocycles. The Bertz CT molecular complexity index is 593. The van der Waals surface area contributed by atoms with Crippen LogP contribution in [0.2, 0.25) is 0 Å². The fraction of sp³-hybridized carbons (Fsp3) is 0.235. The summed E-state index contributed by atoms with van der Waals surface area (Å²) in [5.41, 5.74) is 9.99. The van der Waals surface area contributed by atoms with Crippen LogP contribution in [-0.4, -0.2) is 12.5 Å². The van der Waals surface area contributed by atoms with Crippen molar-refractivity contribution in [2.45, 2.75) is 19.9 Å². The van der Waals surface area contributed by atoms with Gasteiger partial charge in [-0.25, -0.2) is 0 Å². The summed E-state index contributed by atoms with van der Waals surface area (Å²) >= 11 is 0. The van der Waals surface area contributed by atoms with Gasteiger partial charge in [-0.3, -0.25) is 10.1 Å². The number of hydrogen-bond acceptors (Lipinski definition) is 2. The smallest absolute Gasteiger partial charge is 0.231 e. The van der Waals surface area contributed by atoms with Crippen LogP contribution in [0.5, 0.6) is 0 Å². The molecule has 3 nitrogen and oxygen atoms in total. The fourth-order valence-corrected chi connectivity index (χ4v) is 2.41. The number of amides is 1. The average molecular weight is 268 g/mol. The van der Waals surface area contributed by atoms with Crippen molar-refractivity contribution in [2.75, 3.05) is 6.54 Å². The van der Waals surface area contributed by atoms with Crippen LogP contribution in [0.15, 0.2) is 48.5 Å². The highest BCUT2D eigenvalue weighted by molar-refractivity contribution is 5.76. The maximum absolute atomic E-state index is 11.1. The molecule has 2 aromatic carbocycles. The number of aryl methyl sites for hydroxylation is 2. The first-order chi connectivity index (χ1) is 9.58. The minimum atomic E-state index is -0.351. The molecule has 3 heteroatoms. The second-order valence-corrected chi connectivity index (χ2v) is 5.05. The lowest BCUT2D eigenvalue weighted by molar-refractivity contribution is -0.117. The number of primary amides is 1. The van der Waals surface area contributed by atoms with Crippen LogP contribution in [0.25, 0.3) is 0 Å². The molecule has 1 amide bonds. The van der Waals surface area contributed by atoms with E-state index in [1.165, 1.54) is 16.7 Å². The summed E-state index contributed by atoms with van der Waals surface area (Å²) in [7, 11) is 0. The highest BCUT2D eigenvalue weighted by Crippen LogP contribution is 2.25. The third-order valence-electron chi connectivity index (χ3n) is 3.35. The van der Waals surface area contributed by atoms with E-state index in [1.807, 2.05) is 18.2 Å². The molecule has 0 aromatic heterocycles. The fourth-order valence-electron chi connectivity index (χ4n) is 2.41. The van der Waals surface area contributed by atoms with Gasteiger partial charge in [-0.2, -0.15) is 0 Å². The molecule has 0 saturated heterocycles. The Labute approximate surface area is 119 Å². The molecule has 1 atom stereocenters. The molecule has 1 unspecified atom stereocenters. The molecule has 3 N–H and O–H groups in total. The molecule has 0 aliphatic heterocycles. The molecule has 0 spiro atoms. The maximum atomic E-state index is 11.1. The van der Waals surface area contributed by atoms with Gasteiger partial charge in [0.15, 0.2) is 0 Å². The van der Waals surface area contributed by atoms with E-state index >= 15 is 0 Å². The summed E-state index contributed by atoms with van der Waals surface area (Å²) in [4.78, 5) is 11.1. The summed E-state index contributed by atoms with van der Waals surface area (Å²) in [5.74, 6) is -0.351. The first kappa shape index (κ1) is 14.3. The van der Waals surface area contributed by atoms with Crippen LogP contribution >= 0.6 is 0 Å². The number of carbonyl (C=O) groups excluding carboxylic acids is 1. The van der Waals surface area contributed by atoms with Crippen molar-refractivity contribution >= 4 is 5.91 Å².